The minimum absolute atomic E-state index is 0.122. The first-order valence-corrected chi connectivity index (χ1v) is 8.72. The van der Waals surface area contributed by atoms with E-state index in [0.717, 1.165) is 32.2 Å². The first-order valence-electron chi connectivity index (χ1n) is 7.28. The average molecular weight is 291 g/mol. The van der Waals surface area contributed by atoms with Crippen LogP contribution in [0.25, 0.3) is 0 Å². The van der Waals surface area contributed by atoms with Crippen LogP contribution in [0.2, 0.25) is 0 Å². The highest BCUT2D eigenvalue weighted by Gasteiger charge is 2.27. The maximum absolute atomic E-state index is 12.1. The van der Waals surface area contributed by atoms with Crippen LogP contribution >= 0.6 is 0 Å². The molecule has 0 amide bonds. The van der Waals surface area contributed by atoms with E-state index in [1.165, 1.54) is 4.31 Å². The van der Waals surface area contributed by atoms with Crippen LogP contribution in [-0.4, -0.2) is 44.9 Å². The standard InChI is InChI=1S/C13H29N3O2S/c1-11(2)14-8-5-9-16(4)19(17,18)15-13-7-6-12(3)10-13/h11-15H,5-10H2,1-4H3. The molecule has 5 nitrogen and oxygen atoms in total. The zero-order valence-corrected chi connectivity index (χ0v) is 13.5. The second-order valence-electron chi connectivity index (χ2n) is 6.02. The Balaban J connectivity index is 2.31. The summed E-state index contributed by atoms with van der Waals surface area (Å²) in [5.74, 6) is 0.633. The van der Waals surface area contributed by atoms with Gasteiger partial charge in [-0.25, -0.2) is 0 Å². The average Bonchev–Trinajstić information content (AvgIpc) is 2.68. The maximum Gasteiger partial charge on any atom is 0.279 e. The summed E-state index contributed by atoms with van der Waals surface area (Å²) >= 11 is 0. The fourth-order valence-corrected chi connectivity index (χ4v) is 3.61. The highest BCUT2D eigenvalue weighted by molar-refractivity contribution is 7.87. The van der Waals surface area contributed by atoms with Gasteiger partial charge in [0.1, 0.15) is 0 Å². The molecule has 6 heteroatoms. The maximum atomic E-state index is 12.1. The first kappa shape index (κ1) is 16.9. The quantitative estimate of drug-likeness (QED) is 0.663. The Morgan fingerprint density at radius 1 is 1.32 bits per heavy atom. The van der Waals surface area contributed by atoms with Crippen molar-refractivity contribution in [3.8, 4) is 0 Å². The van der Waals surface area contributed by atoms with Crippen LogP contribution in [0.4, 0.5) is 0 Å². The van der Waals surface area contributed by atoms with Crippen LogP contribution in [0.1, 0.15) is 46.5 Å². The number of hydrogen-bond donors (Lipinski definition) is 2. The lowest BCUT2D eigenvalue weighted by molar-refractivity contribution is 0.429. The molecule has 0 saturated heterocycles. The molecule has 0 radical (unpaired) electrons. The second-order valence-corrected chi connectivity index (χ2v) is 7.83. The van der Waals surface area contributed by atoms with Crippen LogP contribution in [0.15, 0.2) is 0 Å². The summed E-state index contributed by atoms with van der Waals surface area (Å²) in [5, 5.41) is 3.29. The number of rotatable bonds is 8. The van der Waals surface area contributed by atoms with Crippen LogP contribution in [0, 0.1) is 5.92 Å². The normalized spacial score (nSPS) is 24.5. The topological polar surface area (TPSA) is 61.4 Å². The van der Waals surface area contributed by atoms with Gasteiger partial charge in [0.05, 0.1) is 0 Å². The summed E-state index contributed by atoms with van der Waals surface area (Å²) in [6.45, 7) is 7.75. The molecule has 0 heterocycles. The predicted molar refractivity (Wildman–Crippen MR) is 79.2 cm³/mol. The van der Waals surface area contributed by atoms with E-state index in [2.05, 4.69) is 30.8 Å². The summed E-state index contributed by atoms with van der Waals surface area (Å²) in [6, 6.07) is 0.566. The summed E-state index contributed by atoms with van der Waals surface area (Å²) in [4.78, 5) is 0. The molecule has 0 aromatic heterocycles. The molecule has 1 fully saturated rings. The second kappa shape index (κ2) is 7.57. The van der Waals surface area contributed by atoms with Gasteiger partial charge in [-0.15, -0.1) is 0 Å². The van der Waals surface area contributed by atoms with Crippen molar-refractivity contribution in [1.29, 1.82) is 0 Å². The predicted octanol–water partition coefficient (Wildman–Crippen LogP) is 1.33. The van der Waals surface area contributed by atoms with Gasteiger partial charge in [0.2, 0.25) is 0 Å². The van der Waals surface area contributed by atoms with E-state index < -0.39 is 10.2 Å². The van der Waals surface area contributed by atoms with Gasteiger partial charge in [-0.2, -0.15) is 17.4 Å². The van der Waals surface area contributed by atoms with Gasteiger partial charge >= 0.3 is 0 Å². The molecule has 2 N–H and O–H groups in total. The van der Waals surface area contributed by atoms with Gasteiger partial charge in [0.25, 0.3) is 10.2 Å². The van der Waals surface area contributed by atoms with Crippen molar-refractivity contribution >= 4 is 10.2 Å². The van der Waals surface area contributed by atoms with E-state index in [4.69, 9.17) is 0 Å². The van der Waals surface area contributed by atoms with Crippen LogP contribution < -0.4 is 10.0 Å². The van der Waals surface area contributed by atoms with Gasteiger partial charge in [-0.3, -0.25) is 0 Å². The molecule has 2 atom stereocenters. The number of nitrogens with one attached hydrogen (secondary N) is 2. The minimum Gasteiger partial charge on any atom is -0.314 e. The van der Waals surface area contributed by atoms with Crippen molar-refractivity contribution in [3.05, 3.63) is 0 Å². The van der Waals surface area contributed by atoms with Crippen molar-refractivity contribution < 1.29 is 8.42 Å². The summed E-state index contributed by atoms with van der Waals surface area (Å²) in [5.41, 5.74) is 0. The number of hydrogen-bond acceptors (Lipinski definition) is 3. The van der Waals surface area contributed by atoms with Crippen LogP contribution in [0.3, 0.4) is 0 Å². The van der Waals surface area contributed by atoms with Gasteiger partial charge in [-0.1, -0.05) is 20.8 Å². The Morgan fingerprint density at radius 2 is 2.00 bits per heavy atom. The molecule has 0 bridgehead atoms. The lowest BCUT2D eigenvalue weighted by Crippen LogP contribution is -2.43. The molecule has 0 aromatic rings. The highest BCUT2D eigenvalue weighted by Crippen LogP contribution is 2.25. The first-order chi connectivity index (χ1) is 8.81. The Bertz CT molecular complexity index is 357. The summed E-state index contributed by atoms with van der Waals surface area (Å²) in [7, 11) is -1.66. The van der Waals surface area contributed by atoms with Crippen molar-refractivity contribution in [2.24, 2.45) is 5.92 Å². The molecular weight excluding hydrogens is 262 g/mol. The minimum atomic E-state index is -3.31. The van der Waals surface area contributed by atoms with Gasteiger partial charge in [0, 0.05) is 25.7 Å². The lowest BCUT2D eigenvalue weighted by Gasteiger charge is -2.21. The fourth-order valence-electron chi connectivity index (χ4n) is 2.43. The van der Waals surface area contributed by atoms with E-state index in [-0.39, 0.29) is 6.04 Å². The third kappa shape index (κ3) is 6.21. The van der Waals surface area contributed by atoms with Crippen LogP contribution in [-0.2, 0) is 10.2 Å². The fraction of sp³-hybridized carbons (Fsp3) is 1.00. The molecule has 1 aliphatic rings. The Labute approximate surface area is 118 Å². The van der Waals surface area contributed by atoms with E-state index in [9.17, 15) is 8.42 Å². The molecule has 2 unspecified atom stereocenters. The number of nitrogens with zero attached hydrogens (tertiary/aromatic N) is 1. The van der Waals surface area contributed by atoms with Gasteiger partial charge in [-0.05, 0) is 38.1 Å². The molecule has 114 valence electrons. The van der Waals surface area contributed by atoms with Crippen molar-refractivity contribution in [3.63, 3.8) is 0 Å². The molecule has 1 aliphatic carbocycles. The molecule has 1 rings (SSSR count). The zero-order chi connectivity index (χ0) is 14.5. The zero-order valence-electron chi connectivity index (χ0n) is 12.6. The molecular formula is C13H29N3O2S. The van der Waals surface area contributed by atoms with Crippen LogP contribution in [0.5, 0.6) is 0 Å². The molecule has 0 spiro atoms. The molecule has 19 heavy (non-hydrogen) atoms. The van der Waals surface area contributed by atoms with Crippen molar-refractivity contribution in [2.75, 3.05) is 20.1 Å². The summed E-state index contributed by atoms with van der Waals surface area (Å²) in [6.07, 6.45) is 3.87. The van der Waals surface area contributed by atoms with E-state index in [0.29, 0.717) is 18.5 Å². The summed E-state index contributed by atoms with van der Waals surface area (Å²) < 4.78 is 28.5. The highest BCUT2D eigenvalue weighted by atomic mass is 32.2. The Hall–Kier alpha value is -0.170. The van der Waals surface area contributed by atoms with Crippen molar-refractivity contribution in [1.82, 2.24) is 14.3 Å². The Morgan fingerprint density at radius 3 is 2.53 bits per heavy atom. The Kier molecular flexibility index (Phi) is 6.73. The van der Waals surface area contributed by atoms with Gasteiger partial charge in [0.15, 0.2) is 0 Å². The largest absolute Gasteiger partial charge is 0.314 e. The molecule has 0 aliphatic heterocycles. The van der Waals surface area contributed by atoms with E-state index in [1.807, 2.05) is 0 Å². The monoisotopic (exact) mass is 291 g/mol. The third-order valence-electron chi connectivity index (χ3n) is 3.62. The third-order valence-corrected chi connectivity index (χ3v) is 5.26. The van der Waals surface area contributed by atoms with Gasteiger partial charge < -0.3 is 5.32 Å². The van der Waals surface area contributed by atoms with Crippen molar-refractivity contribution in [2.45, 2.75) is 58.5 Å². The van der Waals surface area contributed by atoms with E-state index in [1.54, 1.807) is 7.05 Å². The molecule has 1 saturated carbocycles. The SMILES string of the molecule is CC1CCC(NS(=O)(=O)N(C)CCCNC(C)C)C1. The lowest BCUT2D eigenvalue weighted by atomic mass is 10.1. The molecule has 0 aromatic carbocycles. The smallest absolute Gasteiger partial charge is 0.279 e. The van der Waals surface area contributed by atoms with E-state index >= 15 is 0 Å².